The Hall–Kier alpha value is -1.09. The summed E-state index contributed by atoms with van der Waals surface area (Å²) in [6.45, 7) is -0.264. The molecular weight excluding hydrogens is 494 g/mol. The molecule has 36 heavy (non-hydrogen) atoms. The van der Waals surface area contributed by atoms with E-state index in [2.05, 4.69) is 4.99 Å². The monoisotopic (exact) mass is 527 g/mol. The molecule has 0 radical (unpaired) electrons. The van der Waals surface area contributed by atoms with Crippen molar-refractivity contribution in [1.29, 1.82) is 0 Å². The predicted molar refractivity (Wildman–Crippen MR) is 111 cm³/mol. The molecule has 0 aromatic carbocycles. The van der Waals surface area contributed by atoms with Crippen LogP contribution in [0.15, 0.2) is 4.99 Å². The van der Waals surface area contributed by atoms with Crippen LogP contribution in [0.25, 0.3) is 0 Å². The molecule has 0 amide bonds. The fourth-order valence-corrected chi connectivity index (χ4v) is 4.58. The highest BCUT2D eigenvalue weighted by atomic mass is 16.8. The molecule has 9 N–H and O–H groups in total. The Bertz CT molecular complexity index is 771. The lowest BCUT2D eigenvalue weighted by molar-refractivity contribution is -0.352. The van der Waals surface area contributed by atoms with Crippen LogP contribution in [0, 0.1) is 0 Å². The van der Waals surface area contributed by atoms with E-state index in [0.29, 0.717) is 0 Å². The first-order valence-electron chi connectivity index (χ1n) is 11.5. The number of ether oxygens (including phenoxy) is 6. The summed E-state index contributed by atoms with van der Waals surface area (Å²) < 4.78 is 32.8. The molecule has 0 aliphatic carbocycles. The third kappa shape index (κ3) is 5.25. The number of rotatable bonds is 7. The Morgan fingerprint density at radius 3 is 1.92 bits per heavy atom. The van der Waals surface area contributed by atoms with Crippen LogP contribution in [-0.4, -0.2) is 164 Å². The van der Waals surface area contributed by atoms with Gasteiger partial charge in [-0.25, -0.2) is 4.99 Å². The second-order valence-corrected chi connectivity index (χ2v) is 9.12. The minimum absolute atomic E-state index is 0.263. The van der Waals surface area contributed by atoms with E-state index in [1.54, 1.807) is 6.92 Å². The van der Waals surface area contributed by atoms with Gasteiger partial charge in [-0.1, -0.05) is 0 Å². The van der Waals surface area contributed by atoms with Crippen molar-refractivity contribution in [2.24, 2.45) is 4.99 Å². The number of aliphatic hydroxyl groups is 9. The zero-order valence-electron chi connectivity index (χ0n) is 19.2. The molecule has 4 aliphatic heterocycles. The average Bonchev–Trinajstić information content (AvgIpc) is 3.24. The maximum absolute atomic E-state index is 10.8. The number of hydrogen-bond donors (Lipinski definition) is 9. The minimum atomic E-state index is -1.79. The molecule has 0 bridgehead atoms. The van der Waals surface area contributed by atoms with E-state index in [0.717, 1.165) is 0 Å². The van der Waals surface area contributed by atoms with Gasteiger partial charge in [-0.2, -0.15) is 0 Å². The summed E-state index contributed by atoms with van der Waals surface area (Å²) in [6.07, 6.45) is -20.7. The van der Waals surface area contributed by atoms with Crippen LogP contribution in [0.3, 0.4) is 0 Å². The lowest BCUT2D eigenvalue weighted by atomic mass is 9.96. The van der Waals surface area contributed by atoms with E-state index in [4.69, 9.17) is 28.4 Å². The number of aliphatic imine (C=N–C) groups is 1. The SMILES string of the molecule is CC1=N[C@H]2[C@@H](O1)O[C@H](CO)[C@@H](O[C@@H]1O[C@H](CO[C@H]3O[C@H](CO)[C@@H](O)[C@H](O)[C@@H]3O)[C@@H](O)[C@H](O)[C@H]1O)[C@@H]2O. The molecule has 4 rings (SSSR count). The maximum Gasteiger partial charge on any atom is 0.227 e. The molecule has 208 valence electrons. The maximum atomic E-state index is 10.8. The summed E-state index contributed by atoms with van der Waals surface area (Å²) in [5, 5.41) is 90.8. The van der Waals surface area contributed by atoms with E-state index in [1.807, 2.05) is 0 Å². The number of aliphatic hydroxyl groups excluding tert-OH is 9. The highest BCUT2D eigenvalue weighted by Gasteiger charge is 2.53. The lowest BCUT2D eigenvalue weighted by Crippen LogP contribution is -2.64. The van der Waals surface area contributed by atoms with E-state index >= 15 is 0 Å². The zero-order valence-corrected chi connectivity index (χ0v) is 19.2. The topological polar surface area (TPSA) is 250 Å². The van der Waals surface area contributed by atoms with Crippen LogP contribution < -0.4 is 0 Å². The van der Waals surface area contributed by atoms with Crippen molar-refractivity contribution in [2.45, 2.75) is 99.0 Å². The molecule has 4 heterocycles. The Balaban J connectivity index is 1.42. The summed E-state index contributed by atoms with van der Waals surface area (Å²) in [4.78, 5) is 4.13. The predicted octanol–water partition coefficient (Wildman–Crippen LogP) is -6.11. The van der Waals surface area contributed by atoms with Crippen molar-refractivity contribution in [2.75, 3.05) is 19.8 Å². The van der Waals surface area contributed by atoms with Crippen molar-refractivity contribution >= 4 is 5.90 Å². The average molecular weight is 527 g/mol. The molecular formula is C20H33NO15. The molecule has 16 heteroatoms. The van der Waals surface area contributed by atoms with E-state index in [1.165, 1.54) is 0 Å². The van der Waals surface area contributed by atoms with Gasteiger partial charge in [0.15, 0.2) is 18.5 Å². The third-order valence-electron chi connectivity index (χ3n) is 6.67. The quantitative estimate of drug-likeness (QED) is 0.149. The van der Waals surface area contributed by atoms with E-state index < -0.39 is 112 Å². The van der Waals surface area contributed by atoms with Gasteiger partial charge in [0.1, 0.15) is 73.2 Å². The van der Waals surface area contributed by atoms with Gasteiger partial charge >= 0.3 is 0 Å². The molecule has 0 unspecified atom stereocenters. The van der Waals surface area contributed by atoms with Crippen LogP contribution in [0.4, 0.5) is 0 Å². The fourth-order valence-electron chi connectivity index (χ4n) is 4.58. The highest BCUT2D eigenvalue weighted by molar-refractivity contribution is 5.75. The Morgan fingerprint density at radius 1 is 0.694 bits per heavy atom. The highest BCUT2D eigenvalue weighted by Crippen LogP contribution is 2.33. The van der Waals surface area contributed by atoms with Gasteiger partial charge in [-0.05, 0) is 0 Å². The van der Waals surface area contributed by atoms with Gasteiger partial charge in [0.25, 0.3) is 0 Å². The molecule has 0 saturated carbocycles. The fraction of sp³-hybridized carbons (Fsp3) is 0.950. The molecule has 0 spiro atoms. The molecule has 15 atom stereocenters. The van der Waals surface area contributed by atoms with Gasteiger partial charge in [-0.3, -0.25) is 0 Å². The second kappa shape index (κ2) is 11.3. The van der Waals surface area contributed by atoms with Crippen molar-refractivity contribution < 1.29 is 74.4 Å². The van der Waals surface area contributed by atoms with E-state index in [-0.39, 0.29) is 5.90 Å². The first kappa shape index (κ1) is 27.9. The standard InChI is InChI=1S/C20H33NO15/c1-5-21-9-12(26)17(7(3-23)34-18(9)32-5)36-20-16(30)14(28)11(25)8(35-20)4-31-19-15(29)13(27)10(24)6(2-22)33-19/h6-20,22-30H,2-4H2,1H3/t6-,7-,8-,9-,10-,11-,12-,13+,14+,15+,16-,17-,18+,19+,20+/m1/s1. The first-order valence-corrected chi connectivity index (χ1v) is 11.5. The first-order chi connectivity index (χ1) is 17.1. The Morgan fingerprint density at radius 2 is 1.28 bits per heavy atom. The van der Waals surface area contributed by atoms with Crippen molar-refractivity contribution in [1.82, 2.24) is 0 Å². The van der Waals surface area contributed by atoms with Gasteiger partial charge in [0.2, 0.25) is 6.29 Å². The largest absolute Gasteiger partial charge is 0.450 e. The summed E-state index contributed by atoms with van der Waals surface area (Å²) >= 11 is 0. The lowest BCUT2D eigenvalue weighted by Gasteiger charge is -2.45. The third-order valence-corrected chi connectivity index (χ3v) is 6.67. The molecule has 0 aromatic rings. The van der Waals surface area contributed by atoms with Crippen molar-refractivity contribution in [3.8, 4) is 0 Å². The number of fused-ring (bicyclic) bond motifs is 1. The molecule has 0 aromatic heterocycles. The van der Waals surface area contributed by atoms with Gasteiger partial charge in [0, 0.05) is 6.92 Å². The minimum Gasteiger partial charge on any atom is -0.450 e. The number of hydrogen-bond acceptors (Lipinski definition) is 16. The summed E-state index contributed by atoms with van der Waals surface area (Å²) in [6, 6.07) is -0.876. The van der Waals surface area contributed by atoms with E-state index in [9.17, 15) is 46.0 Å². The van der Waals surface area contributed by atoms with Crippen LogP contribution in [0.2, 0.25) is 0 Å². The molecule has 4 aliphatic rings. The molecule has 3 saturated heterocycles. The van der Waals surface area contributed by atoms with Gasteiger partial charge in [0.05, 0.1) is 19.8 Å². The second-order valence-electron chi connectivity index (χ2n) is 9.12. The van der Waals surface area contributed by atoms with Crippen molar-refractivity contribution in [3.63, 3.8) is 0 Å². The Kier molecular flexibility index (Phi) is 8.80. The van der Waals surface area contributed by atoms with Crippen LogP contribution in [0.1, 0.15) is 6.92 Å². The summed E-state index contributed by atoms with van der Waals surface area (Å²) in [5.41, 5.74) is 0. The summed E-state index contributed by atoms with van der Waals surface area (Å²) in [5.74, 6) is 0.263. The smallest absolute Gasteiger partial charge is 0.227 e. The normalized spacial score (nSPS) is 51.4. The Labute approximate surface area is 204 Å². The van der Waals surface area contributed by atoms with Crippen LogP contribution in [0.5, 0.6) is 0 Å². The van der Waals surface area contributed by atoms with Gasteiger partial charge < -0.3 is 74.4 Å². The van der Waals surface area contributed by atoms with Crippen LogP contribution in [-0.2, 0) is 28.4 Å². The van der Waals surface area contributed by atoms with Gasteiger partial charge in [-0.15, -0.1) is 0 Å². The van der Waals surface area contributed by atoms with Crippen LogP contribution >= 0.6 is 0 Å². The van der Waals surface area contributed by atoms with Crippen molar-refractivity contribution in [3.05, 3.63) is 0 Å². The summed E-state index contributed by atoms with van der Waals surface area (Å²) in [7, 11) is 0. The zero-order chi connectivity index (χ0) is 26.3. The molecule has 3 fully saturated rings. The molecule has 16 nitrogen and oxygen atoms in total. The number of nitrogens with zero attached hydrogens (tertiary/aromatic N) is 1.